The number of amides is 2. The van der Waals surface area contributed by atoms with Crippen LogP contribution in [0.3, 0.4) is 0 Å². The number of carbonyl (C=O) groups excluding carboxylic acids is 2. The summed E-state index contributed by atoms with van der Waals surface area (Å²) in [4.78, 5) is 35.8. The molecule has 0 bridgehead atoms. The van der Waals surface area contributed by atoms with E-state index in [9.17, 15) is 14.4 Å². The number of anilines is 1. The van der Waals surface area contributed by atoms with Gasteiger partial charge >= 0.3 is 12.1 Å². The lowest BCUT2D eigenvalue weighted by Gasteiger charge is -2.15. The first-order chi connectivity index (χ1) is 17.0. The van der Waals surface area contributed by atoms with Crippen molar-refractivity contribution >= 4 is 23.7 Å². The number of aliphatic carboxylic acids is 1. The summed E-state index contributed by atoms with van der Waals surface area (Å²) in [6.45, 7) is 0.230. The summed E-state index contributed by atoms with van der Waals surface area (Å²) in [6, 6.07) is 22.6. The first-order valence-corrected chi connectivity index (χ1v) is 11.2. The molecule has 3 aromatic rings. The van der Waals surface area contributed by atoms with Gasteiger partial charge in [0.2, 0.25) is 0 Å². The molecule has 35 heavy (non-hydrogen) atoms. The van der Waals surface area contributed by atoms with Gasteiger partial charge in [-0.1, -0.05) is 54.6 Å². The van der Waals surface area contributed by atoms with Gasteiger partial charge in [-0.05, 0) is 40.5 Å². The molecule has 180 valence electrons. The summed E-state index contributed by atoms with van der Waals surface area (Å²) in [6.07, 6.45) is -1.48. The van der Waals surface area contributed by atoms with E-state index in [1.807, 2.05) is 36.4 Å². The number of benzene rings is 3. The Balaban J connectivity index is 1.35. The summed E-state index contributed by atoms with van der Waals surface area (Å²) >= 11 is 0. The van der Waals surface area contributed by atoms with Crippen molar-refractivity contribution in [1.29, 1.82) is 0 Å². The first kappa shape index (κ1) is 24.0. The number of carboxylic acid groups (broad SMARTS) is 1. The summed E-state index contributed by atoms with van der Waals surface area (Å²) in [5.74, 6) is -1.47. The minimum absolute atomic E-state index is 0.0473. The Morgan fingerprint density at radius 2 is 1.60 bits per heavy atom. The van der Waals surface area contributed by atoms with E-state index in [0.29, 0.717) is 11.3 Å². The van der Waals surface area contributed by atoms with Crippen LogP contribution in [0, 0.1) is 0 Å². The van der Waals surface area contributed by atoms with Gasteiger partial charge in [0.05, 0.1) is 12.5 Å². The minimum Gasteiger partial charge on any atom is -0.481 e. The van der Waals surface area contributed by atoms with Crippen LogP contribution >= 0.6 is 0 Å². The molecule has 1 unspecified atom stereocenters. The maximum absolute atomic E-state index is 12.5. The Hall–Kier alpha value is -4.17. The molecule has 0 fully saturated rings. The van der Waals surface area contributed by atoms with E-state index >= 15 is 0 Å². The molecular weight excluding hydrogens is 448 g/mol. The van der Waals surface area contributed by atoms with E-state index < -0.39 is 24.1 Å². The van der Waals surface area contributed by atoms with Gasteiger partial charge in [0.1, 0.15) is 6.61 Å². The Labute approximate surface area is 202 Å². The molecule has 2 amide bonds. The van der Waals surface area contributed by atoms with Crippen LogP contribution in [0.5, 0.6) is 0 Å². The molecule has 0 aliphatic heterocycles. The fraction of sp³-hybridized carbons (Fsp3) is 0.222. The zero-order chi connectivity index (χ0) is 24.8. The standard InChI is InChI=1S/C27H26N2O6/c1-34-19(14-25(30)31)15-28-26(32)17-7-6-8-18(13-17)29-27(33)35-16-24-22-11-4-2-9-20(22)21-10-3-5-12-23(21)24/h2-13,19,24H,14-16H2,1H3,(H,28,32)(H,29,33)(H,30,31). The van der Waals surface area contributed by atoms with Crippen LogP contribution in [0.4, 0.5) is 10.5 Å². The summed E-state index contributed by atoms with van der Waals surface area (Å²) in [5.41, 5.74) is 5.26. The Morgan fingerprint density at radius 1 is 0.943 bits per heavy atom. The zero-order valence-electron chi connectivity index (χ0n) is 19.2. The molecule has 1 aliphatic rings. The van der Waals surface area contributed by atoms with Crippen molar-refractivity contribution in [1.82, 2.24) is 5.32 Å². The van der Waals surface area contributed by atoms with Crippen molar-refractivity contribution in [2.24, 2.45) is 0 Å². The van der Waals surface area contributed by atoms with Crippen LogP contribution in [-0.2, 0) is 14.3 Å². The average molecular weight is 475 g/mol. The molecule has 1 aliphatic carbocycles. The number of fused-ring (bicyclic) bond motifs is 3. The number of methoxy groups -OCH3 is 1. The lowest BCUT2D eigenvalue weighted by atomic mass is 9.98. The molecule has 0 aromatic heterocycles. The molecule has 0 saturated heterocycles. The highest BCUT2D eigenvalue weighted by Crippen LogP contribution is 2.44. The van der Waals surface area contributed by atoms with Crippen molar-refractivity contribution in [3.05, 3.63) is 89.5 Å². The van der Waals surface area contributed by atoms with E-state index in [-0.39, 0.29) is 25.5 Å². The second-order valence-corrected chi connectivity index (χ2v) is 8.20. The molecule has 0 spiro atoms. The Kier molecular flexibility index (Phi) is 7.42. The molecule has 4 rings (SSSR count). The number of hydrogen-bond acceptors (Lipinski definition) is 5. The van der Waals surface area contributed by atoms with Crippen molar-refractivity contribution in [2.45, 2.75) is 18.4 Å². The fourth-order valence-electron chi connectivity index (χ4n) is 4.23. The number of carboxylic acids is 1. The number of hydrogen-bond donors (Lipinski definition) is 3. The summed E-state index contributed by atoms with van der Waals surface area (Å²) < 4.78 is 10.6. The Bertz CT molecular complexity index is 1200. The lowest BCUT2D eigenvalue weighted by Crippen LogP contribution is -2.34. The third-order valence-corrected chi connectivity index (χ3v) is 5.94. The minimum atomic E-state index is -1.01. The highest BCUT2D eigenvalue weighted by Gasteiger charge is 2.29. The van der Waals surface area contributed by atoms with Crippen LogP contribution < -0.4 is 10.6 Å². The monoisotopic (exact) mass is 474 g/mol. The average Bonchev–Trinajstić information content (AvgIpc) is 3.18. The molecule has 1 atom stereocenters. The zero-order valence-corrected chi connectivity index (χ0v) is 19.2. The largest absolute Gasteiger partial charge is 0.481 e. The predicted octanol–water partition coefficient (Wildman–Crippen LogP) is 4.27. The first-order valence-electron chi connectivity index (χ1n) is 11.2. The topological polar surface area (TPSA) is 114 Å². The Morgan fingerprint density at radius 3 is 2.23 bits per heavy atom. The molecule has 8 heteroatoms. The van der Waals surface area contributed by atoms with Crippen molar-refractivity contribution in [3.63, 3.8) is 0 Å². The normalized spacial score (nSPS) is 12.8. The van der Waals surface area contributed by atoms with Crippen LogP contribution in [0.15, 0.2) is 72.8 Å². The molecule has 3 aromatic carbocycles. The SMILES string of the molecule is COC(CNC(=O)c1cccc(NC(=O)OCC2c3ccccc3-c3ccccc32)c1)CC(=O)O. The highest BCUT2D eigenvalue weighted by atomic mass is 16.5. The maximum Gasteiger partial charge on any atom is 0.411 e. The van der Waals surface area contributed by atoms with Crippen LogP contribution in [-0.4, -0.2) is 49.4 Å². The second kappa shape index (κ2) is 10.8. The third kappa shape index (κ3) is 5.67. The van der Waals surface area contributed by atoms with Gasteiger partial charge in [0.25, 0.3) is 5.91 Å². The molecule has 0 saturated carbocycles. The van der Waals surface area contributed by atoms with Gasteiger partial charge in [0, 0.05) is 30.8 Å². The fourth-order valence-corrected chi connectivity index (χ4v) is 4.23. The molecule has 0 radical (unpaired) electrons. The summed E-state index contributed by atoms with van der Waals surface area (Å²) in [5, 5.41) is 14.2. The van der Waals surface area contributed by atoms with Crippen LogP contribution in [0.25, 0.3) is 11.1 Å². The van der Waals surface area contributed by atoms with Gasteiger partial charge in [-0.15, -0.1) is 0 Å². The van der Waals surface area contributed by atoms with Gasteiger partial charge in [-0.3, -0.25) is 14.9 Å². The summed E-state index contributed by atoms with van der Waals surface area (Å²) in [7, 11) is 1.39. The number of ether oxygens (including phenoxy) is 2. The maximum atomic E-state index is 12.5. The lowest BCUT2D eigenvalue weighted by molar-refractivity contribution is -0.139. The quantitative estimate of drug-likeness (QED) is 0.427. The number of rotatable bonds is 9. The van der Waals surface area contributed by atoms with Crippen LogP contribution in [0.2, 0.25) is 0 Å². The number of carbonyl (C=O) groups is 3. The van der Waals surface area contributed by atoms with E-state index in [1.165, 1.54) is 13.2 Å². The smallest absolute Gasteiger partial charge is 0.411 e. The molecule has 0 heterocycles. The number of nitrogens with one attached hydrogen (secondary N) is 2. The van der Waals surface area contributed by atoms with Gasteiger partial charge < -0.3 is 19.9 Å². The van der Waals surface area contributed by atoms with E-state index in [2.05, 4.69) is 22.8 Å². The third-order valence-electron chi connectivity index (χ3n) is 5.94. The van der Waals surface area contributed by atoms with E-state index in [0.717, 1.165) is 22.3 Å². The van der Waals surface area contributed by atoms with Crippen molar-refractivity contribution in [2.75, 3.05) is 25.6 Å². The van der Waals surface area contributed by atoms with Gasteiger partial charge in [-0.2, -0.15) is 0 Å². The molecule has 8 nitrogen and oxygen atoms in total. The van der Waals surface area contributed by atoms with Gasteiger partial charge in [0.15, 0.2) is 0 Å². The second-order valence-electron chi connectivity index (χ2n) is 8.20. The highest BCUT2D eigenvalue weighted by molar-refractivity contribution is 5.96. The van der Waals surface area contributed by atoms with Gasteiger partial charge in [-0.25, -0.2) is 4.79 Å². The van der Waals surface area contributed by atoms with Crippen molar-refractivity contribution in [3.8, 4) is 11.1 Å². The van der Waals surface area contributed by atoms with Crippen molar-refractivity contribution < 1.29 is 29.0 Å². The van der Waals surface area contributed by atoms with E-state index in [4.69, 9.17) is 14.6 Å². The van der Waals surface area contributed by atoms with Crippen LogP contribution in [0.1, 0.15) is 33.8 Å². The van der Waals surface area contributed by atoms with E-state index in [1.54, 1.807) is 18.2 Å². The molecular formula is C27H26N2O6. The predicted molar refractivity (Wildman–Crippen MR) is 131 cm³/mol. The molecule has 3 N–H and O–H groups in total.